The summed E-state index contributed by atoms with van der Waals surface area (Å²) in [5.41, 5.74) is 2.81. The van der Waals surface area contributed by atoms with Crippen LogP contribution in [0.4, 0.5) is 0 Å². The summed E-state index contributed by atoms with van der Waals surface area (Å²) in [6.07, 6.45) is 5.60. The topological polar surface area (TPSA) is 117 Å². The van der Waals surface area contributed by atoms with Crippen molar-refractivity contribution in [3.05, 3.63) is 75.3 Å². The number of β-amino-alcohol motifs (C(OH)–C–C–N with tert-alkyl or cyclic N) is 1. The molecule has 242 valence electrons. The van der Waals surface area contributed by atoms with E-state index in [0.717, 1.165) is 39.6 Å². The van der Waals surface area contributed by atoms with Crippen molar-refractivity contribution in [2.24, 2.45) is 0 Å². The fourth-order valence-electron chi connectivity index (χ4n) is 5.80. The summed E-state index contributed by atoms with van der Waals surface area (Å²) in [6.45, 7) is 2.46. The van der Waals surface area contributed by atoms with Gasteiger partial charge in [0.1, 0.15) is 11.8 Å². The summed E-state index contributed by atoms with van der Waals surface area (Å²) in [7, 11) is -0.645. The number of carbonyl (C=O) groups excluding carboxylic acids is 1. The van der Waals surface area contributed by atoms with Crippen molar-refractivity contribution in [3.63, 3.8) is 0 Å². The first-order chi connectivity index (χ1) is 21.0. The number of sulfonamides is 1. The van der Waals surface area contributed by atoms with Gasteiger partial charge in [-0.2, -0.15) is 4.31 Å². The van der Waals surface area contributed by atoms with E-state index in [1.54, 1.807) is 31.4 Å². The third kappa shape index (κ3) is 8.96. The lowest BCUT2D eigenvalue weighted by atomic mass is 9.99. The first kappa shape index (κ1) is 34.7. The van der Waals surface area contributed by atoms with Gasteiger partial charge in [-0.1, -0.05) is 61.2 Å². The Morgan fingerprint density at radius 2 is 1.84 bits per heavy atom. The molecular formula is C32H43Cl2N3O6S. The minimum absolute atomic E-state index is 0.0435. The summed E-state index contributed by atoms with van der Waals surface area (Å²) in [5, 5.41) is 18.8. The van der Waals surface area contributed by atoms with Crippen LogP contribution in [0.1, 0.15) is 67.9 Å². The van der Waals surface area contributed by atoms with E-state index >= 15 is 0 Å². The van der Waals surface area contributed by atoms with Crippen molar-refractivity contribution < 1.29 is 27.8 Å². The highest BCUT2D eigenvalue weighted by Gasteiger charge is 2.35. The number of methoxy groups -OCH3 is 1. The van der Waals surface area contributed by atoms with Crippen molar-refractivity contribution in [2.75, 3.05) is 33.1 Å². The van der Waals surface area contributed by atoms with Gasteiger partial charge in [0.25, 0.3) is 0 Å². The van der Waals surface area contributed by atoms with Crippen LogP contribution in [0.15, 0.2) is 48.6 Å². The third-order valence-electron chi connectivity index (χ3n) is 8.32. The van der Waals surface area contributed by atoms with Gasteiger partial charge in [-0.25, -0.2) is 8.42 Å². The molecule has 0 saturated carbocycles. The molecule has 1 heterocycles. The Morgan fingerprint density at radius 3 is 2.55 bits per heavy atom. The minimum atomic E-state index is -3.71. The summed E-state index contributed by atoms with van der Waals surface area (Å²) in [5.74, 6) is 0.188. The minimum Gasteiger partial charge on any atom is -0.497 e. The lowest BCUT2D eigenvalue weighted by Gasteiger charge is -2.31. The van der Waals surface area contributed by atoms with Crippen molar-refractivity contribution in [1.29, 1.82) is 0 Å². The quantitative estimate of drug-likeness (QED) is 0.256. The van der Waals surface area contributed by atoms with Crippen LogP contribution in [0.3, 0.4) is 0 Å². The van der Waals surface area contributed by atoms with Crippen molar-refractivity contribution in [3.8, 4) is 5.75 Å². The molecular weight excluding hydrogens is 625 g/mol. The molecule has 4 rings (SSSR count). The van der Waals surface area contributed by atoms with Gasteiger partial charge in [-0.05, 0) is 72.7 Å². The van der Waals surface area contributed by atoms with Gasteiger partial charge in [0.15, 0.2) is 0 Å². The molecule has 1 amide bonds. The Labute approximate surface area is 270 Å². The molecule has 2 aliphatic rings. The Kier molecular flexibility index (Phi) is 12.5. The standard InChI is InChI=1S/C32H43Cl2N3O6S/c1-4-5-8-13-44(40,41)37(2)29-9-6-7-12-43-31-19-27(26-18-24(42-3)10-11-25(26)31)35-20-30(38)28(36-32(29)39)16-21-14-22(33)17-23(34)15-21/h6-7,10-11,14-15,17-18,27-31,35,38H,4-5,8-9,12-13,16,19-20H2,1-3H3,(H,36,39)/b7-6+/t27-,28-,29-,30+,31+/m0/s1. The van der Waals surface area contributed by atoms with E-state index in [1.807, 2.05) is 31.2 Å². The fourth-order valence-corrected chi connectivity index (χ4v) is 7.80. The highest BCUT2D eigenvalue weighted by molar-refractivity contribution is 7.89. The van der Waals surface area contributed by atoms with Gasteiger partial charge in [-0.3, -0.25) is 4.79 Å². The second-order valence-electron chi connectivity index (χ2n) is 11.4. The molecule has 5 atom stereocenters. The largest absolute Gasteiger partial charge is 0.497 e. The number of amides is 1. The summed E-state index contributed by atoms with van der Waals surface area (Å²) >= 11 is 12.5. The van der Waals surface area contributed by atoms with Gasteiger partial charge in [0, 0.05) is 29.7 Å². The second-order valence-corrected chi connectivity index (χ2v) is 14.5. The smallest absolute Gasteiger partial charge is 0.239 e. The average molecular weight is 669 g/mol. The Balaban J connectivity index is 1.66. The highest BCUT2D eigenvalue weighted by atomic mass is 35.5. The molecule has 0 fully saturated rings. The fraction of sp³-hybridized carbons (Fsp3) is 0.531. The zero-order valence-corrected chi connectivity index (χ0v) is 27.8. The molecule has 3 N–H and O–H groups in total. The molecule has 0 radical (unpaired) electrons. The number of nitrogens with one attached hydrogen (secondary N) is 2. The summed E-state index contributed by atoms with van der Waals surface area (Å²) < 4.78 is 39.3. The highest BCUT2D eigenvalue weighted by Crippen LogP contribution is 2.42. The number of aliphatic hydroxyl groups is 1. The number of halogens is 2. The van der Waals surface area contributed by atoms with E-state index in [4.69, 9.17) is 32.7 Å². The van der Waals surface area contributed by atoms with Crippen molar-refractivity contribution >= 4 is 39.1 Å². The normalized spacial score (nSPS) is 25.5. The molecule has 0 saturated heterocycles. The van der Waals surface area contributed by atoms with Gasteiger partial charge in [0.05, 0.1) is 37.7 Å². The molecule has 0 aromatic heterocycles. The van der Waals surface area contributed by atoms with Crippen LogP contribution in [-0.2, 0) is 26.0 Å². The number of benzene rings is 2. The average Bonchev–Trinajstić information content (AvgIpc) is 3.32. The molecule has 0 spiro atoms. The van der Waals surface area contributed by atoms with Gasteiger partial charge in [-0.15, -0.1) is 0 Å². The molecule has 0 unspecified atom stereocenters. The van der Waals surface area contributed by atoms with Crippen LogP contribution in [0.2, 0.25) is 10.0 Å². The Hall–Kier alpha value is -2.18. The first-order valence-electron chi connectivity index (χ1n) is 15.1. The van der Waals surface area contributed by atoms with Gasteiger partial charge < -0.3 is 25.2 Å². The molecule has 12 heteroatoms. The van der Waals surface area contributed by atoms with Gasteiger partial charge >= 0.3 is 0 Å². The molecule has 44 heavy (non-hydrogen) atoms. The number of carbonyl (C=O) groups is 1. The van der Waals surface area contributed by atoms with E-state index in [9.17, 15) is 18.3 Å². The number of rotatable bonds is 9. The van der Waals surface area contributed by atoms with Crippen LogP contribution in [0.5, 0.6) is 5.75 Å². The van der Waals surface area contributed by atoms with Crippen molar-refractivity contribution in [1.82, 2.24) is 14.9 Å². The number of unbranched alkanes of at least 4 members (excludes halogenated alkanes) is 2. The Bertz CT molecular complexity index is 1400. The number of hydrogen-bond acceptors (Lipinski definition) is 7. The van der Waals surface area contributed by atoms with E-state index in [2.05, 4.69) is 10.6 Å². The molecule has 2 aromatic rings. The number of nitrogens with zero attached hydrogens (tertiary/aromatic N) is 1. The maximum Gasteiger partial charge on any atom is 0.239 e. The number of hydrogen-bond donors (Lipinski definition) is 3. The number of fused-ring (bicyclic) bond motifs is 5. The molecule has 1 aliphatic carbocycles. The predicted molar refractivity (Wildman–Crippen MR) is 174 cm³/mol. The first-order valence-corrected chi connectivity index (χ1v) is 17.5. The van der Waals surface area contributed by atoms with E-state index in [1.165, 1.54) is 7.05 Å². The SMILES string of the molecule is CCCCCS(=O)(=O)N(C)[C@H]1C/C=C/CO[C@@H]2C[C@H](NC[C@@H](O)[C@H](Cc3cc(Cl)cc(Cl)c3)NC1=O)c1cc(OC)ccc12. The molecule has 9 nitrogen and oxygen atoms in total. The maximum atomic E-state index is 13.8. The lowest BCUT2D eigenvalue weighted by Crippen LogP contribution is -2.55. The van der Waals surface area contributed by atoms with Crippen LogP contribution >= 0.6 is 23.2 Å². The monoisotopic (exact) mass is 667 g/mol. The Morgan fingerprint density at radius 1 is 1.09 bits per heavy atom. The van der Waals surface area contributed by atoms with E-state index < -0.39 is 34.1 Å². The van der Waals surface area contributed by atoms with Gasteiger partial charge in [0.2, 0.25) is 15.9 Å². The molecule has 2 bridgehead atoms. The van der Waals surface area contributed by atoms with Crippen molar-refractivity contribution in [2.45, 2.75) is 75.8 Å². The third-order valence-corrected chi connectivity index (χ3v) is 10.7. The zero-order chi connectivity index (χ0) is 31.9. The predicted octanol–water partition coefficient (Wildman–Crippen LogP) is 4.96. The van der Waals surface area contributed by atoms with Crippen LogP contribution in [0.25, 0.3) is 0 Å². The number of ether oxygens (including phenoxy) is 2. The molecule has 2 aromatic carbocycles. The summed E-state index contributed by atoms with van der Waals surface area (Å²) in [4.78, 5) is 13.8. The number of likely N-dealkylation sites (N-methyl/N-ethyl adjacent to an activating group) is 1. The van der Waals surface area contributed by atoms with Crippen LogP contribution < -0.4 is 15.4 Å². The van der Waals surface area contributed by atoms with Crippen LogP contribution in [0, 0.1) is 0 Å². The zero-order valence-electron chi connectivity index (χ0n) is 25.5. The maximum absolute atomic E-state index is 13.8. The molecule has 1 aliphatic heterocycles. The van der Waals surface area contributed by atoms with E-state index in [0.29, 0.717) is 29.5 Å². The summed E-state index contributed by atoms with van der Waals surface area (Å²) in [6, 6.07) is 9.09. The lowest BCUT2D eigenvalue weighted by molar-refractivity contribution is -0.126. The van der Waals surface area contributed by atoms with E-state index in [-0.39, 0.29) is 37.3 Å². The second kappa shape index (κ2) is 15.9. The van der Waals surface area contributed by atoms with Crippen LogP contribution in [-0.4, -0.2) is 75.0 Å². The number of aliphatic hydroxyl groups excluding tert-OH is 1.